The number of benzene rings is 1. The lowest BCUT2D eigenvalue weighted by Gasteiger charge is -2.29. The number of aromatic nitrogens is 5. The van der Waals surface area contributed by atoms with Crippen molar-refractivity contribution in [2.24, 2.45) is 5.73 Å². The maximum atomic E-state index is 14.6. The normalized spacial score (nSPS) is 19.7. The minimum atomic E-state index is -0.652. The van der Waals surface area contributed by atoms with E-state index in [4.69, 9.17) is 10.2 Å². The number of hydrogen-bond acceptors (Lipinski definition) is 6. The topological polar surface area (TPSA) is 116 Å². The lowest BCUT2D eigenvalue weighted by atomic mass is 9.91. The Morgan fingerprint density at radius 2 is 2.14 bits per heavy atom. The van der Waals surface area contributed by atoms with Crippen LogP contribution in [0, 0.1) is 5.82 Å². The molecule has 1 saturated carbocycles. The summed E-state index contributed by atoms with van der Waals surface area (Å²) in [5.41, 5.74) is 8.47. The van der Waals surface area contributed by atoms with Crippen molar-refractivity contribution in [1.29, 1.82) is 0 Å². The van der Waals surface area contributed by atoms with Gasteiger partial charge in [0.15, 0.2) is 0 Å². The zero-order valence-corrected chi connectivity index (χ0v) is 15.5. The van der Waals surface area contributed by atoms with Crippen LogP contribution in [0.5, 0.6) is 0 Å². The van der Waals surface area contributed by atoms with Gasteiger partial charge in [0.05, 0.1) is 17.3 Å². The van der Waals surface area contributed by atoms with Crippen LogP contribution < -0.4 is 11.5 Å². The van der Waals surface area contributed by atoms with Gasteiger partial charge in [-0.15, -0.1) is 5.10 Å². The fraction of sp³-hybridized carbons (Fsp3) is 0.300. The second kappa shape index (κ2) is 6.93. The van der Waals surface area contributed by atoms with Gasteiger partial charge in [-0.1, -0.05) is 12.1 Å². The number of halogens is 1. The summed E-state index contributed by atoms with van der Waals surface area (Å²) >= 11 is 0. The molecule has 1 fully saturated rings. The molecular weight excluding hydrogens is 375 g/mol. The number of pyridine rings is 1. The third-order valence-electron chi connectivity index (χ3n) is 5.40. The second-order valence-corrected chi connectivity index (χ2v) is 7.34. The molecule has 0 amide bonds. The van der Waals surface area contributed by atoms with Crippen LogP contribution in [0.4, 0.5) is 4.39 Å². The number of imidazole rings is 1. The van der Waals surface area contributed by atoms with E-state index in [1.165, 1.54) is 6.07 Å². The Balaban J connectivity index is 1.74. The Hall–Kier alpha value is -3.33. The SMILES string of the molecule is N[C@H]1CCC[C@@H](n2c(-c3ccccc3F)nc3cnc(-c4n[nH]c(=O)o4)cc32)C1. The van der Waals surface area contributed by atoms with Crippen LogP contribution in [0.2, 0.25) is 0 Å². The third-order valence-corrected chi connectivity index (χ3v) is 5.40. The van der Waals surface area contributed by atoms with Gasteiger partial charge in [0, 0.05) is 12.1 Å². The molecule has 0 aliphatic heterocycles. The van der Waals surface area contributed by atoms with Gasteiger partial charge in [0.2, 0.25) is 0 Å². The smallest absolute Gasteiger partial charge is 0.386 e. The van der Waals surface area contributed by atoms with E-state index in [0.717, 1.165) is 31.2 Å². The molecule has 3 heterocycles. The minimum absolute atomic E-state index is 0.0831. The molecule has 1 aromatic carbocycles. The van der Waals surface area contributed by atoms with Crippen molar-refractivity contribution in [1.82, 2.24) is 24.7 Å². The molecule has 3 N–H and O–H groups in total. The van der Waals surface area contributed by atoms with Gasteiger partial charge in [0.25, 0.3) is 5.89 Å². The van der Waals surface area contributed by atoms with Gasteiger partial charge in [-0.2, -0.15) is 0 Å². The molecule has 0 saturated heterocycles. The second-order valence-electron chi connectivity index (χ2n) is 7.34. The highest BCUT2D eigenvalue weighted by molar-refractivity contribution is 5.83. The lowest BCUT2D eigenvalue weighted by Crippen LogP contribution is -2.29. The van der Waals surface area contributed by atoms with Crippen molar-refractivity contribution in [3.8, 4) is 23.0 Å². The Morgan fingerprint density at radius 3 is 2.90 bits per heavy atom. The molecule has 29 heavy (non-hydrogen) atoms. The number of nitrogens with one attached hydrogen (secondary N) is 1. The summed E-state index contributed by atoms with van der Waals surface area (Å²) in [6, 6.07) is 8.53. The number of fused-ring (bicyclic) bond motifs is 1. The fourth-order valence-corrected chi connectivity index (χ4v) is 4.09. The summed E-state index contributed by atoms with van der Waals surface area (Å²) < 4.78 is 21.7. The summed E-state index contributed by atoms with van der Waals surface area (Å²) in [5, 5.41) is 6.09. The van der Waals surface area contributed by atoms with E-state index in [0.29, 0.717) is 22.6 Å². The largest absolute Gasteiger partial charge is 0.434 e. The Kier molecular flexibility index (Phi) is 4.24. The highest BCUT2D eigenvalue weighted by Gasteiger charge is 2.27. The van der Waals surface area contributed by atoms with Crippen LogP contribution in [0.1, 0.15) is 31.7 Å². The van der Waals surface area contributed by atoms with Gasteiger partial charge < -0.3 is 14.7 Å². The van der Waals surface area contributed by atoms with Crippen molar-refractivity contribution in [2.75, 3.05) is 0 Å². The van der Waals surface area contributed by atoms with Crippen LogP contribution >= 0.6 is 0 Å². The maximum absolute atomic E-state index is 14.6. The quantitative estimate of drug-likeness (QED) is 0.552. The van der Waals surface area contributed by atoms with Crippen LogP contribution in [0.15, 0.2) is 45.7 Å². The van der Waals surface area contributed by atoms with Gasteiger partial charge in [-0.3, -0.25) is 0 Å². The Morgan fingerprint density at radius 1 is 1.28 bits per heavy atom. The molecule has 2 atom stereocenters. The summed E-state index contributed by atoms with van der Waals surface area (Å²) in [6.07, 6.45) is 5.26. The van der Waals surface area contributed by atoms with E-state index >= 15 is 0 Å². The molecule has 1 aliphatic rings. The average molecular weight is 394 g/mol. The zero-order valence-electron chi connectivity index (χ0n) is 15.5. The van der Waals surface area contributed by atoms with E-state index in [1.54, 1.807) is 30.5 Å². The van der Waals surface area contributed by atoms with Crippen molar-refractivity contribution in [2.45, 2.75) is 37.8 Å². The molecular formula is C20H19FN6O2. The molecule has 0 bridgehead atoms. The Labute approximate surface area is 164 Å². The van der Waals surface area contributed by atoms with Crippen LogP contribution in [0.3, 0.4) is 0 Å². The Bertz CT molecular complexity index is 1240. The van der Waals surface area contributed by atoms with Crippen LogP contribution in [-0.2, 0) is 0 Å². The van der Waals surface area contributed by atoms with Gasteiger partial charge >= 0.3 is 5.76 Å². The van der Waals surface area contributed by atoms with Crippen LogP contribution in [-0.4, -0.2) is 30.8 Å². The fourth-order valence-electron chi connectivity index (χ4n) is 4.09. The number of rotatable bonds is 3. The molecule has 1 aliphatic carbocycles. The minimum Gasteiger partial charge on any atom is -0.386 e. The van der Waals surface area contributed by atoms with E-state index < -0.39 is 5.76 Å². The first kappa shape index (κ1) is 17.7. The van der Waals surface area contributed by atoms with Gasteiger partial charge in [-0.05, 0) is 43.9 Å². The van der Waals surface area contributed by atoms with E-state index in [-0.39, 0.29) is 23.8 Å². The first-order valence-electron chi connectivity index (χ1n) is 9.54. The molecule has 8 nitrogen and oxygen atoms in total. The molecule has 9 heteroatoms. The van der Waals surface area contributed by atoms with E-state index in [2.05, 4.69) is 20.2 Å². The molecule has 4 aromatic rings. The number of H-pyrrole nitrogens is 1. The maximum Gasteiger partial charge on any atom is 0.434 e. The molecule has 0 spiro atoms. The number of nitrogens with two attached hydrogens (primary N) is 1. The third kappa shape index (κ3) is 3.13. The molecule has 0 radical (unpaired) electrons. The molecule has 0 unspecified atom stereocenters. The summed E-state index contributed by atoms with van der Waals surface area (Å²) in [7, 11) is 0. The number of nitrogens with zero attached hydrogens (tertiary/aromatic N) is 4. The summed E-state index contributed by atoms with van der Waals surface area (Å²) in [5.74, 6) is -0.353. The first-order valence-corrected chi connectivity index (χ1v) is 9.54. The van der Waals surface area contributed by atoms with Gasteiger partial charge in [-0.25, -0.2) is 24.3 Å². The predicted molar refractivity (Wildman–Crippen MR) is 105 cm³/mol. The average Bonchev–Trinajstić information content (AvgIpc) is 3.31. The van der Waals surface area contributed by atoms with E-state index in [9.17, 15) is 9.18 Å². The number of hydrogen-bond donors (Lipinski definition) is 2. The van der Waals surface area contributed by atoms with Crippen molar-refractivity contribution >= 4 is 11.0 Å². The first-order chi connectivity index (χ1) is 14.1. The lowest BCUT2D eigenvalue weighted by molar-refractivity contribution is 0.327. The molecule has 5 rings (SSSR count). The standard InChI is InChI=1S/C20H19FN6O2/c21-14-7-2-1-6-13(14)18-24-16-10-23-15(19-25-26-20(28)29-19)9-17(16)27(18)12-5-3-4-11(22)8-12/h1-2,6-7,9-12H,3-5,8,22H2,(H,26,28)/t11-,12+/m0/s1. The van der Waals surface area contributed by atoms with Gasteiger partial charge in [0.1, 0.15) is 22.9 Å². The van der Waals surface area contributed by atoms with Crippen molar-refractivity contribution in [3.05, 3.63) is 52.9 Å². The monoisotopic (exact) mass is 394 g/mol. The van der Waals surface area contributed by atoms with Crippen molar-refractivity contribution in [3.63, 3.8) is 0 Å². The van der Waals surface area contributed by atoms with Crippen LogP contribution in [0.25, 0.3) is 34.0 Å². The highest BCUT2D eigenvalue weighted by atomic mass is 19.1. The van der Waals surface area contributed by atoms with Crippen molar-refractivity contribution < 1.29 is 8.81 Å². The molecule has 148 valence electrons. The summed E-state index contributed by atoms with van der Waals surface area (Å²) in [4.78, 5) is 20.3. The van der Waals surface area contributed by atoms with E-state index in [1.807, 2.05) is 4.57 Å². The zero-order chi connectivity index (χ0) is 20.0. The summed E-state index contributed by atoms with van der Waals surface area (Å²) in [6.45, 7) is 0. The predicted octanol–water partition coefficient (Wildman–Crippen LogP) is 3.02. The highest BCUT2D eigenvalue weighted by Crippen LogP contribution is 2.36. The number of aromatic amines is 1. The molecule has 3 aromatic heterocycles.